The average molecular weight is 334 g/mol. The first-order valence-electron chi connectivity index (χ1n) is 7.82. The van der Waals surface area contributed by atoms with E-state index in [-0.39, 0.29) is 0 Å². The fraction of sp³-hybridized carbons (Fsp3) is 0.412. The van der Waals surface area contributed by atoms with Crippen LogP contribution in [0, 0.1) is 0 Å². The highest BCUT2D eigenvalue weighted by Crippen LogP contribution is 2.12. The molecule has 0 unspecified atom stereocenters. The lowest BCUT2D eigenvalue weighted by Gasteiger charge is -2.11. The fourth-order valence-electron chi connectivity index (χ4n) is 2.19. The SMILES string of the molecule is CN(C)CCCNc1cc(NCCc2cccc(Cl)c2)ncn1. The third kappa shape index (κ3) is 6.84. The molecule has 0 atom stereocenters. The van der Waals surface area contributed by atoms with Gasteiger partial charge in [-0.15, -0.1) is 0 Å². The molecule has 1 aromatic carbocycles. The maximum absolute atomic E-state index is 5.99. The number of halogens is 1. The lowest BCUT2D eigenvalue weighted by molar-refractivity contribution is 0.405. The Morgan fingerprint density at radius 2 is 1.78 bits per heavy atom. The van der Waals surface area contributed by atoms with Gasteiger partial charge in [0, 0.05) is 24.2 Å². The Balaban J connectivity index is 1.76. The van der Waals surface area contributed by atoms with Gasteiger partial charge < -0.3 is 15.5 Å². The minimum atomic E-state index is 0.772. The van der Waals surface area contributed by atoms with Crippen molar-refractivity contribution in [3.8, 4) is 0 Å². The molecule has 0 saturated heterocycles. The summed E-state index contributed by atoms with van der Waals surface area (Å²) in [4.78, 5) is 10.7. The summed E-state index contributed by atoms with van der Waals surface area (Å²) in [6, 6.07) is 9.86. The Bertz CT molecular complexity index is 603. The zero-order valence-corrected chi connectivity index (χ0v) is 14.5. The summed E-state index contributed by atoms with van der Waals surface area (Å²) in [6.07, 6.45) is 3.56. The van der Waals surface area contributed by atoms with Crippen LogP contribution in [-0.2, 0) is 6.42 Å². The highest BCUT2D eigenvalue weighted by molar-refractivity contribution is 6.30. The lowest BCUT2D eigenvalue weighted by Crippen LogP contribution is -2.16. The second-order valence-electron chi connectivity index (χ2n) is 5.68. The molecule has 0 saturated carbocycles. The van der Waals surface area contributed by atoms with Crippen LogP contribution in [0.15, 0.2) is 36.7 Å². The van der Waals surface area contributed by atoms with Crippen molar-refractivity contribution >= 4 is 23.2 Å². The molecule has 0 aliphatic heterocycles. The molecule has 5 nitrogen and oxygen atoms in total. The van der Waals surface area contributed by atoms with E-state index in [9.17, 15) is 0 Å². The Kier molecular flexibility index (Phi) is 7.10. The maximum Gasteiger partial charge on any atom is 0.131 e. The Hall–Kier alpha value is -1.85. The molecule has 0 radical (unpaired) electrons. The van der Waals surface area contributed by atoms with E-state index in [0.717, 1.165) is 49.1 Å². The van der Waals surface area contributed by atoms with E-state index in [1.165, 1.54) is 5.56 Å². The summed E-state index contributed by atoms with van der Waals surface area (Å²) in [5.74, 6) is 1.68. The molecule has 2 N–H and O–H groups in total. The van der Waals surface area contributed by atoms with Gasteiger partial charge in [-0.2, -0.15) is 0 Å². The first-order valence-corrected chi connectivity index (χ1v) is 8.20. The van der Waals surface area contributed by atoms with Crippen molar-refractivity contribution in [3.63, 3.8) is 0 Å². The van der Waals surface area contributed by atoms with E-state index >= 15 is 0 Å². The molecule has 23 heavy (non-hydrogen) atoms. The second kappa shape index (κ2) is 9.33. The maximum atomic E-state index is 5.99. The summed E-state index contributed by atoms with van der Waals surface area (Å²) >= 11 is 5.99. The first kappa shape index (κ1) is 17.5. The van der Waals surface area contributed by atoms with Crippen molar-refractivity contribution in [2.45, 2.75) is 12.8 Å². The third-order valence-corrected chi connectivity index (χ3v) is 3.60. The van der Waals surface area contributed by atoms with E-state index in [1.54, 1.807) is 6.33 Å². The van der Waals surface area contributed by atoms with E-state index in [0.29, 0.717) is 0 Å². The summed E-state index contributed by atoms with van der Waals surface area (Å²) in [6.45, 7) is 2.76. The van der Waals surface area contributed by atoms with Crippen molar-refractivity contribution in [2.24, 2.45) is 0 Å². The van der Waals surface area contributed by atoms with Crippen LogP contribution in [0.1, 0.15) is 12.0 Å². The molecule has 1 aromatic heterocycles. The topological polar surface area (TPSA) is 53.1 Å². The van der Waals surface area contributed by atoms with Gasteiger partial charge in [0.15, 0.2) is 0 Å². The molecular formula is C17H24ClN5. The number of aromatic nitrogens is 2. The molecule has 0 amide bonds. The van der Waals surface area contributed by atoms with Crippen LogP contribution < -0.4 is 10.6 Å². The largest absolute Gasteiger partial charge is 0.370 e. The van der Waals surface area contributed by atoms with Crippen molar-refractivity contribution in [2.75, 3.05) is 44.4 Å². The van der Waals surface area contributed by atoms with Crippen LogP contribution in [0.2, 0.25) is 5.02 Å². The Morgan fingerprint density at radius 3 is 2.48 bits per heavy atom. The number of hydrogen-bond donors (Lipinski definition) is 2. The fourth-order valence-corrected chi connectivity index (χ4v) is 2.40. The van der Waals surface area contributed by atoms with E-state index in [2.05, 4.69) is 45.7 Å². The smallest absolute Gasteiger partial charge is 0.131 e. The van der Waals surface area contributed by atoms with Crippen LogP contribution in [0.25, 0.3) is 0 Å². The molecule has 2 aromatic rings. The van der Waals surface area contributed by atoms with Crippen molar-refractivity contribution in [1.82, 2.24) is 14.9 Å². The van der Waals surface area contributed by atoms with Crippen LogP contribution >= 0.6 is 11.6 Å². The Morgan fingerprint density at radius 1 is 1.04 bits per heavy atom. The lowest BCUT2D eigenvalue weighted by atomic mass is 10.1. The number of nitrogens with one attached hydrogen (secondary N) is 2. The normalized spacial score (nSPS) is 10.8. The van der Waals surface area contributed by atoms with Crippen LogP contribution in [-0.4, -0.2) is 48.6 Å². The third-order valence-electron chi connectivity index (χ3n) is 3.36. The van der Waals surface area contributed by atoms with Gasteiger partial charge >= 0.3 is 0 Å². The number of hydrogen-bond acceptors (Lipinski definition) is 5. The monoisotopic (exact) mass is 333 g/mol. The zero-order valence-electron chi connectivity index (χ0n) is 13.7. The molecule has 0 spiro atoms. The van der Waals surface area contributed by atoms with E-state index in [1.807, 2.05) is 24.3 Å². The molecule has 1 heterocycles. The summed E-state index contributed by atoms with van der Waals surface area (Å²) in [5, 5.41) is 7.41. The molecule has 124 valence electrons. The van der Waals surface area contributed by atoms with Gasteiger partial charge in [-0.1, -0.05) is 23.7 Å². The molecule has 0 fully saturated rings. The van der Waals surface area contributed by atoms with Crippen molar-refractivity contribution in [1.29, 1.82) is 0 Å². The van der Waals surface area contributed by atoms with Gasteiger partial charge in [-0.05, 0) is 51.2 Å². The van der Waals surface area contributed by atoms with Crippen molar-refractivity contribution < 1.29 is 0 Å². The minimum Gasteiger partial charge on any atom is -0.370 e. The van der Waals surface area contributed by atoms with Gasteiger partial charge in [-0.3, -0.25) is 0 Å². The number of rotatable bonds is 9. The van der Waals surface area contributed by atoms with Crippen LogP contribution in [0.4, 0.5) is 11.6 Å². The number of anilines is 2. The van der Waals surface area contributed by atoms with Crippen LogP contribution in [0.3, 0.4) is 0 Å². The highest BCUT2D eigenvalue weighted by atomic mass is 35.5. The summed E-state index contributed by atoms with van der Waals surface area (Å²) in [7, 11) is 4.15. The van der Waals surface area contributed by atoms with Gasteiger partial charge in [0.25, 0.3) is 0 Å². The van der Waals surface area contributed by atoms with Crippen LogP contribution in [0.5, 0.6) is 0 Å². The van der Waals surface area contributed by atoms with E-state index in [4.69, 9.17) is 11.6 Å². The quantitative estimate of drug-likeness (QED) is 0.690. The standard InChI is InChI=1S/C17H24ClN5/c1-23(2)10-4-8-19-16-12-17(22-13-21-16)20-9-7-14-5-3-6-15(18)11-14/h3,5-6,11-13H,4,7-10H2,1-2H3,(H2,19,20,21,22). The average Bonchev–Trinajstić information content (AvgIpc) is 2.52. The Labute approximate surface area is 143 Å². The summed E-state index contributed by atoms with van der Waals surface area (Å²) in [5.41, 5.74) is 1.21. The molecule has 0 aliphatic carbocycles. The predicted molar refractivity (Wildman–Crippen MR) is 97.3 cm³/mol. The first-order chi connectivity index (χ1) is 11.1. The summed E-state index contributed by atoms with van der Waals surface area (Å²) < 4.78 is 0. The van der Waals surface area contributed by atoms with Gasteiger partial charge in [0.05, 0.1) is 0 Å². The zero-order chi connectivity index (χ0) is 16.5. The second-order valence-corrected chi connectivity index (χ2v) is 6.12. The number of benzene rings is 1. The van der Waals surface area contributed by atoms with E-state index < -0.39 is 0 Å². The number of nitrogens with zero attached hydrogens (tertiary/aromatic N) is 3. The van der Waals surface area contributed by atoms with Crippen molar-refractivity contribution in [3.05, 3.63) is 47.2 Å². The molecular weight excluding hydrogens is 310 g/mol. The predicted octanol–water partition coefficient (Wildman–Crippen LogP) is 3.15. The molecule has 6 heteroatoms. The van der Waals surface area contributed by atoms with Gasteiger partial charge in [-0.25, -0.2) is 9.97 Å². The van der Waals surface area contributed by atoms with Gasteiger partial charge in [0.1, 0.15) is 18.0 Å². The molecule has 0 bridgehead atoms. The van der Waals surface area contributed by atoms with Gasteiger partial charge in [0.2, 0.25) is 0 Å². The minimum absolute atomic E-state index is 0.772. The highest BCUT2D eigenvalue weighted by Gasteiger charge is 2.00. The molecule has 0 aliphatic rings. The molecule has 2 rings (SSSR count).